The Morgan fingerprint density at radius 1 is 1.12 bits per heavy atom. The summed E-state index contributed by atoms with van der Waals surface area (Å²) in [6, 6.07) is 11.5. The van der Waals surface area contributed by atoms with Crippen molar-refractivity contribution in [3.8, 4) is 5.75 Å². The molecule has 0 aromatic heterocycles. The summed E-state index contributed by atoms with van der Waals surface area (Å²) in [6.07, 6.45) is 1.04. The smallest absolute Gasteiger partial charge is 0.335 e. The zero-order valence-electron chi connectivity index (χ0n) is 14.0. The summed E-state index contributed by atoms with van der Waals surface area (Å²) in [5.74, 6) is -0.521. The van der Waals surface area contributed by atoms with Gasteiger partial charge in [0.1, 0.15) is 5.75 Å². The summed E-state index contributed by atoms with van der Waals surface area (Å²) in [6.45, 7) is 5.79. The largest absolute Gasteiger partial charge is 0.491 e. The van der Waals surface area contributed by atoms with Crippen LogP contribution in [0.15, 0.2) is 42.5 Å². The Hall–Kier alpha value is -2.82. The predicted octanol–water partition coefficient (Wildman–Crippen LogP) is 4.12. The maximum Gasteiger partial charge on any atom is 0.335 e. The molecule has 2 aromatic carbocycles. The Morgan fingerprint density at radius 2 is 1.75 bits per heavy atom. The van der Waals surface area contributed by atoms with E-state index in [4.69, 9.17) is 9.84 Å². The number of anilines is 1. The Morgan fingerprint density at radius 3 is 2.29 bits per heavy atom. The fourth-order valence-electron chi connectivity index (χ4n) is 2.13. The van der Waals surface area contributed by atoms with Crippen molar-refractivity contribution in [2.24, 2.45) is 0 Å². The lowest BCUT2D eigenvalue weighted by molar-refractivity contribution is 0.0696. The molecule has 126 valence electrons. The minimum absolute atomic E-state index is 0.125. The van der Waals surface area contributed by atoms with Gasteiger partial charge < -0.3 is 15.2 Å². The maximum atomic E-state index is 12.3. The fraction of sp³-hybridized carbons (Fsp3) is 0.263. The van der Waals surface area contributed by atoms with Crippen LogP contribution in [0.4, 0.5) is 5.69 Å². The number of rotatable bonds is 6. The zero-order valence-corrected chi connectivity index (χ0v) is 14.0. The molecule has 0 aliphatic rings. The van der Waals surface area contributed by atoms with Crippen LogP contribution in [0.5, 0.6) is 5.75 Å². The second-order valence-corrected chi connectivity index (χ2v) is 5.65. The summed E-state index contributed by atoms with van der Waals surface area (Å²) in [5, 5.41) is 11.8. The fourth-order valence-corrected chi connectivity index (χ4v) is 2.13. The third-order valence-corrected chi connectivity index (χ3v) is 3.75. The van der Waals surface area contributed by atoms with Crippen molar-refractivity contribution in [1.29, 1.82) is 0 Å². The topological polar surface area (TPSA) is 75.6 Å². The van der Waals surface area contributed by atoms with Gasteiger partial charge in [-0.25, -0.2) is 4.79 Å². The number of aromatic carboxylic acids is 1. The summed E-state index contributed by atoms with van der Waals surface area (Å²) >= 11 is 0. The molecule has 24 heavy (non-hydrogen) atoms. The van der Waals surface area contributed by atoms with Crippen LogP contribution >= 0.6 is 0 Å². The van der Waals surface area contributed by atoms with Crippen molar-refractivity contribution in [2.75, 3.05) is 5.32 Å². The summed E-state index contributed by atoms with van der Waals surface area (Å²) < 4.78 is 5.68. The molecule has 0 saturated heterocycles. The summed E-state index contributed by atoms with van der Waals surface area (Å²) in [5.41, 5.74) is 1.98. The summed E-state index contributed by atoms with van der Waals surface area (Å²) in [7, 11) is 0. The highest BCUT2D eigenvalue weighted by Gasteiger charge is 2.10. The van der Waals surface area contributed by atoms with E-state index in [9.17, 15) is 9.59 Å². The van der Waals surface area contributed by atoms with Crippen molar-refractivity contribution in [3.05, 3.63) is 59.2 Å². The predicted molar refractivity (Wildman–Crippen MR) is 92.9 cm³/mol. The van der Waals surface area contributed by atoms with Crippen LogP contribution in [0, 0.1) is 6.92 Å². The number of ether oxygens (including phenoxy) is 1. The molecule has 0 radical (unpaired) electrons. The molecule has 5 nitrogen and oxygen atoms in total. The Balaban J connectivity index is 2.08. The van der Waals surface area contributed by atoms with Crippen molar-refractivity contribution >= 4 is 17.6 Å². The lowest BCUT2D eigenvalue weighted by Gasteiger charge is -2.13. The van der Waals surface area contributed by atoms with Crippen LogP contribution < -0.4 is 10.1 Å². The molecule has 0 heterocycles. The van der Waals surface area contributed by atoms with Crippen LogP contribution in [-0.2, 0) is 0 Å². The number of hydrogen-bond donors (Lipinski definition) is 2. The highest BCUT2D eigenvalue weighted by molar-refractivity contribution is 6.05. The third-order valence-electron chi connectivity index (χ3n) is 3.75. The molecule has 1 amide bonds. The Bertz CT molecular complexity index is 738. The maximum absolute atomic E-state index is 12.3. The first-order chi connectivity index (χ1) is 11.4. The summed E-state index contributed by atoms with van der Waals surface area (Å²) in [4.78, 5) is 23.2. The van der Waals surface area contributed by atoms with E-state index < -0.39 is 5.97 Å². The van der Waals surface area contributed by atoms with Crippen molar-refractivity contribution in [2.45, 2.75) is 33.3 Å². The number of carbonyl (C=O) groups is 2. The van der Waals surface area contributed by atoms with Gasteiger partial charge in [-0.3, -0.25) is 4.79 Å². The number of carbonyl (C=O) groups excluding carboxylic acids is 1. The van der Waals surface area contributed by atoms with E-state index in [1.54, 1.807) is 37.3 Å². The highest BCUT2D eigenvalue weighted by atomic mass is 16.5. The van der Waals surface area contributed by atoms with E-state index in [1.165, 1.54) is 12.1 Å². The molecule has 0 bridgehead atoms. The molecule has 1 unspecified atom stereocenters. The lowest BCUT2D eigenvalue weighted by atomic mass is 10.1. The number of nitrogens with one attached hydrogen (secondary N) is 1. The number of carboxylic acids is 1. The third kappa shape index (κ3) is 4.35. The van der Waals surface area contributed by atoms with Gasteiger partial charge in [0.2, 0.25) is 0 Å². The molecule has 2 aromatic rings. The number of amides is 1. The van der Waals surface area contributed by atoms with E-state index >= 15 is 0 Å². The van der Waals surface area contributed by atoms with Crippen LogP contribution in [0.25, 0.3) is 0 Å². The molecule has 0 saturated carbocycles. The minimum atomic E-state index is -0.993. The number of carboxylic acid groups (broad SMARTS) is 1. The van der Waals surface area contributed by atoms with E-state index in [-0.39, 0.29) is 17.6 Å². The molecule has 2 N–H and O–H groups in total. The van der Waals surface area contributed by atoms with Gasteiger partial charge >= 0.3 is 5.97 Å². The standard InChI is InChI=1S/C19H21NO4/c1-4-13(3)24-16-8-5-14(6-9-16)18(21)20-17-10-7-15(19(22)23)11-12(17)2/h5-11,13H,4H2,1-3H3,(H,20,21)(H,22,23). The highest BCUT2D eigenvalue weighted by Crippen LogP contribution is 2.19. The van der Waals surface area contributed by atoms with Gasteiger partial charge in [-0.2, -0.15) is 0 Å². The number of benzene rings is 2. The molecular formula is C19H21NO4. The van der Waals surface area contributed by atoms with E-state index in [0.717, 1.165) is 12.2 Å². The van der Waals surface area contributed by atoms with Crippen molar-refractivity contribution in [3.63, 3.8) is 0 Å². The Labute approximate surface area is 141 Å². The van der Waals surface area contributed by atoms with Crippen LogP contribution in [0.3, 0.4) is 0 Å². The Kier molecular flexibility index (Phi) is 5.58. The number of aryl methyl sites for hydroxylation is 1. The molecule has 0 aliphatic heterocycles. The van der Waals surface area contributed by atoms with Gasteiger partial charge in [-0.05, 0) is 68.3 Å². The average molecular weight is 327 g/mol. The van der Waals surface area contributed by atoms with Gasteiger partial charge in [-0.1, -0.05) is 6.92 Å². The zero-order chi connectivity index (χ0) is 17.7. The lowest BCUT2D eigenvalue weighted by Crippen LogP contribution is -2.13. The van der Waals surface area contributed by atoms with Gasteiger partial charge in [0, 0.05) is 11.3 Å². The number of hydrogen-bond acceptors (Lipinski definition) is 3. The minimum Gasteiger partial charge on any atom is -0.491 e. The van der Waals surface area contributed by atoms with E-state index in [2.05, 4.69) is 5.32 Å². The SMILES string of the molecule is CCC(C)Oc1ccc(C(=O)Nc2ccc(C(=O)O)cc2C)cc1. The van der Waals surface area contributed by atoms with Crippen molar-refractivity contribution < 1.29 is 19.4 Å². The average Bonchev–Trinajstić information content (AvgIpc) is 2.56. The molecule has 2 rings (SSSR count). The van der Waals surface area contributed by atoms with Gasteiger partial charge in [0.05, 0.1) is 11.7 Å². The normalized spacial score (nSPS) is 11.6. The quantitative estimate of drug-likeness (QED) is 0.836. The van der Waals surface area contributed by atoms with E-state index in [0.29, 0.717) is 16.8 Å². The van der Waals surface area contributed by atoms with Crippen LogP contribution in [-0.4, -0.2) is 23.1 Å². The molecule has 0 fully saturated rings. The first-order valence-corrected chi connectivity index (χ1v) is 7.82. The van der Waals surface area contributed by atoms with Crippen LogP contribution in [0.1, 0.15) is 46.5 Å². The monoisotopic (exact) mass is 327 g/mol. The van der Waals surface area contributed by atoms with Crippen LogP contribution in [0.2, 0.25) is 0 Å². The van der Waals surface area contributed by atoms with Crippen molar-refractivity contribution in [1.82, 2.24) is 0 Å². The second kappa shape index (κ2) is 7.64. The van der Waals surface area contributed by atoms with Gasteiger partial charge in [0.15, 0.2) is 0 Å². The molecule has 0 aliphatic carbocycles. The first-order valence-electron chi connectivity index (χ1n) is 7.82. The van der Waals surface area contributed by atoms with E-state index in [1.807, 2.05) is 13.8 Å². The molecular weight excluding hydrogens is 306 g/mol. The molecule has 0 spiro atoms. The second-order valence-electron chi connectivity index (χ2n) is 5.65. The van der Waals surface area contributed by atoms with Gasteiger partial charge in [-0.15, -0.1) is 0 Å². The molecule has 5 heteroatoms. The molecule has 1 atom stereocenters. The van der Waals surface area contributed by atoms with Gasteiger partial charge in [0.25, 0.3) is 5.91 Å². The first kappa shape index (κ1) is 17.5.